The van der Waals surface area contributed by atoms with E-state index in [1.165, 1.54) is 64.8 Å². The molecule has 4 heteroatoms. The Hall–Kier alpha value is -0.160. The average Bonchev–Trinajstić information content (AvgIpc) is 2.46. The Labute approximate surface area is 118 Å². The fraction of sp³-hybridized carbons (Fsp3) is 1.00. The maximum Gasteiger partial charge on any atom is 0.0594 e. The van der Waals surface area contributed by atoms with Crippen LogP contribution in [0, 0.1) is 0 Å². The van der Waals surface area contributed by atoms with Crippen molar-refractivity contribution in [3.63, 3.8) is 0 Å². The lowest BCUT2D eigenvalue weighted by atomic mass is 9.98. The molecule has 2 rings (SSSR count). The largest absolute Gasteiger partial charge is 0.377 e. The highest BCUT2D eigenvalue weighted by Gasteiger charge is 2.14. The molecular weight excluding hydrogens is 238 g/mol. The van der Waals surface area contributed by atoms with Crippen LogP contribution in [0.4, 0.5) is 0 Å². The summed E-state index contributed by atoms with van der Waals surface area (Å²) < 4.78 is 5.91. The maximum absolute atomic E-state index is 5.91. The first-order valence-corrected chi connectivity index (χ1v) is 8.08. The Bertz CT molecular complexity index is 223. The van der Waals surface area contributed by atoms with Crippen molar-refractivity contribution in [2.24, 2.45) is 0 Å². The van der Waals surface area contributed by atoms with Crippen LogP contribution < -0.4 is 5.32 Å². The number of nitrogens with zero attached hydrogens (tertiary/aromatic N) is 2. The third-order valence-corrected chi connectivity index (χ3v) is 4.39. The fourth-order valence-electron chi connectivity index (χ4n) is 2.96. The minimum absolute atomic E-state index is 0.549. The van der Waals surface area contributed by atoms with E-state index in [2.05, 4.69) is 22.2 Å². The normalized spacial score (nSPS) is 23.8. The van der Waals surface area contributed by atoms with E-state index in [9.17, 15) is 0 Å². The molecule has 112 valence electrons. The third-order valence-electron chi connectivity index (χ3n) is 4.39. The molecule has 19 heavy (non-hydrogen) atoms. The van der Waals surface area contributed by atoms with Gasteiger partial charge in [-0.05, 0) is 19.9 Å². The first-order chi connectivity index (χ1) is 9.34. The molecule has 1 aliphatic heterocycles. The minimum Gasteiger partial charge on any atom is -0.377 e. The van der Waals surface area contributed by atoms with Crippen molar-refractivity contribution in [2.75, 3.05) is 59.5 Å². The molecule has 0 unspecified atom stereocenters. The van der Waals surface area contributed by atoms with Crippen LogP contribution in [-0.2, 0) is 4.74 Å². The van der Waals surface area contributed by atoms with E-state index in [0.29, 0.717) is 6.10 Å². The van der Waals surface area contributed by atoms with Crippen LogP contribution in [0.25, 0.3) is 0 Å². The monoisotopic (exact) mass is 269 g/mol. The number of likely N-dealkylation sites (N-methyl/N-ethyl adjacent to an activating group) is 1. The molecule has 0 aromatic rings. The van der Waals surface area contributed by atoms with E-state index in [-0.39, 0.29) is 0 Å². The zero-order valence-electron chi connectivity index (χ0n) is 12.6. The SMILES string of the molecule is CN1CCN(CCNCCOC2CCCCC2)CC1. The van der Waals surface area contributed by atoms with Crippen LogP contribution in [-0.4, -0.2) is 75.4 Å². The Morgan fingerprint density at radius 3 is 2.47 bits per heavy atom. The van der Waals surface area contributed by atoms with Gasteiger partial charge < -0.3 is 15.0 Å². The molecule has 4 nitrogen and oxygen atoms in total. The van der Waals surface area contributed by atoms with Gasteiger partial charge in [-0.15, -0.1) is 0 Å². The zero-order valence-corrected chi connectivity index (χ0v) is 12.6. The van der Waals surface area contributed by atoms with Crippen molar-refractivity contribution in [2.45, 2.75) is 38.2 Å². The molecule has 1 heterocycles. The summed E-state index contributed by atoms with van der Waals surface area (Å²) in [5.74, 6) is 0. The molecule has 1 aliphatic carbocycles. The highest BCUT2D eigenvalue weighted by Crippen LogP contribution is 2.19. The van der Waals surface area contributed by atoms with Crippen LogP contribution in [0.15, 0.2) is 0 Å². The van der Waals surface area contributed by atoms with E-state index in [0.717, 1.165) is 19.7 Å². The molecule has 0 bridgehead atoms. The molecule has 2 aliphatic rings. The van der Waals surface area contributed by atoms with Crippen LogP contribution >= 0.6 is 0 Å². The number of hydrogen-bond donors (Lipinski definition) is 1. The topological polar surface area (TPSA) is 27.7 Å². The molecule has 0 aromatic carbocycles. The number of piperazine rings is 1. The predicted molar refractivity (Wildman–Crippen MR) is 79.6 cm³/mol. The lowest BCUT2D eigenvalue weighted by Gasteiger charge is -2.32. The Kier molecular flexibility index (Phi) is 7.14. The van der Waals surface area contributed by atoms with Crippen molar-refractivity contribution in [1.82, 2.24) is 15.1 Å². The minimum atomic E-state index is 0.549. The molecule has 0 atom stereocenters. The van der Waals surface area contributed by atoms with Gasteiger partial charge >= 0.3 is 0 Å². The van der Waals surface area contributed by atoms with Crippen LogP contribution in [0.3, 0.4) is 0 Å². The lowest BCUT2D eigenvalue weighted by Crippen LogP contribution is -2.46. The van der Waals surface area contributed by atoms with Crippen molar-refractivity contribution >= 4 is 0 Å². The van der Waals surface area contributed by atoms with Gasteiger partial charge in [-0.1, -0.05) is 19.3 Å². The molecule has 0 spiro atoms. The van der Waals surface area contributed by atoms with E-state index in [4.69, 9.17) is 4.74 Å². The summed E-state index contributed by atoms with van der Waals surface area (Å²) in [7, 11) is 2.21. The molecular formula is C15H31N3O. The predicted octanol–water partition coefficient (Wildman–Crippen LogP) is 1.17. The Balaban J connectivity index is 1.39. The number of rotatable bonds is 7. The summed E-state index contributed by atoms with van der Waals surface area (Å²) in [6, 6.07) is 0. The summed E-state index contributed by atoms with van der Waals surface area (Å²) >= 11 is 0. The van der Waals surface area contributed by atoms with Crippen LogP contribution in [0.1, 0.15) is 32.1 Å². The summed E-state index contributed by atoms with van der Waals surface area (Å²) in [5.41, 5.74) is 0. The zero-order chi connectivity index (χ0) is 13.3. The van der Waals surface area contributed by atoms with E-state index in [1.54, 1.807) is 0 Å². The summed E-state index contributed by atoms with van der Waals surface area (Å²) in [5, 5.41) is 3.50. The maximum atomic E-state index is 5.91. The third kappa shape index (κ3) is 6.21. The number of hydrogen-bond acceptors (Lipinski definition) is 4. The average molecular weight is 269 g/mol. The molecule has 0 radical (unpaired) electrons. The smallest absolute Gasteiger partial charge is 0.0594 e. The molecule has 0 amide bonds. The van der Waals surface area contributed by atoms with Crippen LogP contribution in [0.5, 0.6) is 0 Å². The van der Waals surface area contributed by atoms with Crippen molar-refractivity contribution < 1.29 is 4.74 Å². The van der Waals surface area contributed by atoms with E-state index in [1.807, 2.05) is 0 Å². The Morgan fingerprint density at radius 2 is 1.74 bits per heavy atom. The van der Waals surface area contributed by atoms with Gasteiger partial charge in [-0.2, -0.15) is 0 Å². The van der Waals surface area contributed by atoms with Gasteiger partial charge in [-0.3, -0.25) is 4.90 Å². The second kappa shape index (κ2) is 8.90. The number of nitrogens with one attached hydrogen (secondary N) is 1. The fourth-order valence-corrected chi connectivity index (χ4v) is 2.96. The van der Waals surface area contributed by atoms with Gasteiger partial charge in [0, 0.05) is 45.8 Å². The Morgan fingerprint density at radius 1 is 1.00 bits per heavy atom. The lowest BCUT2D eigenvalue weighted by molar-refractivity contribution is 0.0300. The molecule has 1 saturated carbocycles. The van der Waals surface area contributed by atoms with Crippen molar-refractivity contribution in [1.29, 1.82) is 0 Å². The second-order valence-electron chi connectivity index (χ2n) is 6.03. The second-order valence-corrected chi connectivity index (χ2v) is 6.03. The quantitative estimate of drug-likeness (QED) is 0.702. The first-order valence-electron chi connectivity index (χ1n) is 8.08. The molecule has 1 saturated heterocycles. The van der Waals surface area contributed by atoms with E-state index >= 15 is 0 Å². The van der Waals surface area contributed by atoms with Gasteiger partial charge in [0.15, 0.2) is 0 Å². The first kappa shape index (κ1) is 15.2. The highest BCUT2D eigenvalue weighted by molar-refractivity contribution is 4.70. The summed E-state index contributed by atoms with van der Waals surface area (Å²) in [4.78, 5) is 4.96. The molecule has 2 fully saturated rings. The van der Waals surface area contributed by atoms with Crippen molar-refractivity contribution in [3.8, 4) is 0 Å². The van der Waals surface area contributed by atoms with Gasteiger partial charge in [0.2, 0.25) is 0 Å². The van der Waals surface area contributed by atoms with Crippen LogP contribution in [0.2, 0.25) is 0 Å². The van der Waals surface area contributed by atoms with Gasteiger partial charge in [-0.25, -0.2) is 0 Å². The summed E-state index contributed by atoms with van der Waals surface area (Å²) in [6.45, 7) is 9.02. The summed E-state index contributed by atoms with van der Waals surface area (Å²) in [6.07, 6.45) is 7.24. The highest BCUT2D eigenvalue weighted by atomic mass is 16.5. The van der Waals surface area contributed by atoms with Gasteiger partial charge in [0.05, 0.1) is 12.7 Å². The van der Waals surface area contributed by atoms with Gasteiger partial charge in [0.1, 0.15) is 0 Å². The van der Waals surface area contributed by atoms with E-state index < -0.39 is 0 Å². The van der Waals surface area contributed by atoms with Crippen molar-refractivity contribution in [3.05, 3.63) is 0 Å². The number of ether oxygens (including phenoxy) is 1. The molecule has 0 aromatic heterocycles. The standard InChI is InChI=1S/C15H31N3O/c1-17-10-12-18(13-11-17)9-7-16-8-14-19-15-5-3-2-4-6-15/h15-16H,2-14H2,1H3. The van der Waals surface area contributed by atoms with Gasteiger partial charge in [0.25, 0.3) is 0 Å². The molecule has 1 N–H and O–H groups in total.